The summed E-state index contributed by atoms with van der Waals surface area (Å²) < 4.78 is 0. The van der Waals surface area contributed by atoms with Gasteiger partial charge in [-0.2, -0.15) is 0 Å². The molecule has 2 aromatic carbocycles. The molecule has 0 radical (unpaired) electrons. The van der Waals surface area contributed by atoms with E-state index in [1.807, 2.05) is 0 Å². The van der Waals surface area contributed by atoms with Crippen molar-refractivity contribution in [3.8, 4) is 12.3 Å². The summed E-state index contributed by atoms with van der Waals surface area (Å²) in [6.07, 6.45) is 5.05. The fourth-order valence-corrected chi connectivity index (χ4v) is 2.97. The second kappa shape index (κ2) is 8.77. The topological polar surface area (TPSA) is 70.2 Å². The Labute approximate surface area is 164 Å². The van der Waals surface area contributed by atoms with Gasteiger partial charge in [0.2, 0.25) is 5.56 Å². The van der Waals surface area contributed by atoms with Gasteiger partial charge in [0.25, 0.3) is 0 Å². The van der Waals surface area contributed by atoms with Crippen LogP contribution in [0.5, 0.6) is 0 Å². The first-order chi connectivity index (χ1) is 12.3. The molecule has 0 saturated heterocycles. The van der Waals surface area contributed by atoms with Gasteiger partial charge in [0.15, 0.2) is 0 Å². The van der Waals surface area contributed by atoms with Gasteiger partial charge in [0.05, 0.1) is 6.42 Å². The number of carbonyl (C=O) groups is 1. The first-order valence-corrected chi connectivity index (χ1v) is 8.39. The van der Waals surface area contributed by atoms with Crippen LogP contribution in [0.4, 0.5) is 0 Å². The van der Waals surface area contributed by atoms with Crippen LogP contribution in [-0.4, -0.2) is 16.1 Å². The summed E-state index contributed by atoms with van der Waals surface area (Å²) in [5.74, 6) is 1.45. The Morgan fingerprint density at radius 2 is 1.73 bits per heavy atom. The van der Waals surface area contributed by atoms with E-state index in [1.54, 1.807) is 36.4 Å². The molecule has 0 aliphatic carbocycles. The van der Waals surface area contributed by atoms with Crippen molar-refractivity contribution in [2.75, 3.05) is 0 Å². The lowest BCUT2D eigenvalue weighted by atomic mass is 10.1. The van der Waals surface area contributed by atoms with E-state index in [1.165, 1.54) is 6.07 Å². The summed E-state index contributed by atoms with van der Waals surface area (Å²) in [6.45, 7) is 0. The van der Waals surface area contributed by atoms with Gasteiger partial charge in [0.1, 0.15) is 5.15 Å². The van der Waals surface area contributed by atoms with Gasteiger partial charge in [-0.3, -0.25) is 9.59 Å². The number of nitrogens with one attached hydrogen (secondary N) is 1. The average Bonchev–Trinajstić information content (AvgIpc) is 2.58. The van der Waals surface area contributed by atoms with E-state index in [0.717, 1.165) is 5.39 Å². The van der Waals surface area contributed by atoms with Crippen LogP contribution in [0.1, 0.15) is 11.1 Å². The molecule has 0 fully saturated rings. The summed E-state index contributed by atoms with van der Waals surface area (Å²) in [4.78, 5) is 24.0. The first kappa shape index (κ1) is 19.9. The molecular weight excluding hydrogens is 397 g/mol. The number of terminal acetylenes is 1. The molecule has 0 bridgehead atoms. The lowest BCUT2D eigenvalue weighted by Gasteiger charge is -2.03. The van der Waals surface area contributed by atoms with Crippen molar-refractivity contribution in [1.82, 2.24) is 4.98 Å². The van der Waals surface area contributed by atoms with Crippen LogP contribution in [0.25, 0.3) is 10.8 Å². The van der Waals surface area contributed by atoms with Crippen molar-refractivity contribution in [2.24, 2.45) is 0 Å². The van der Waals surface area contributed by atoms with Crippen molar-refractivity contribution in [3.05, 3.63) is 79.1 Å². The van der Waals surface area contributed by atoms with Gasteiger partial charge >= 0.3 is 5.97 Å². The smallest absolute Gasteiger partial charge is 0.307 e. The predicted molar refractivity (Wildman–Crippen MR) is 105 cm³/mol. The molecule has 1 heterocycles. The Bertz CT molecular complexity index is 1070. The van der Waals surface area contributed by atoms with Gasteiger partial charge in [-0.1, -0.05) is 58.9 Å². The molecule has 0 atom stereocenters. The fraction of sp³-hybridized carbons (Fsp3) is 0.0526. The van der Waals surface area contributed by atoms with Crippen LogP contribution in [0.15, 0.2) is 47.3 Å². The SMILES string of the molecule is C#Cc1cccc(Cl)c1CC(=O)O.O=c1cc2c(Cl)cccc2c(Cl)[nH]1. The maximum Gasteiger partial charge on any atom is 0.307 e. The normalized spacial score (nSPS) is 9.92. The lowest BCUT2D eigenvalue weighted by Crippen LogP contribution is -2.03. The Balaban J connectivity index is 0.000000187. The zero-order valence-corrected chi connectivity index (χ0v) is 15.5. The second-order valence-corrected chi connectivity index (χ2v) is 6.32. The van der Waals surface area contributed by atoms with Crippen LogP contribution in [0.2, 0.25) is 15.2 Å². The number of pyridine rings is 1. The number of hydrogen-bond donors (Lipinski definition) is 2. The minimum Gasteiger partial charge on any atom is -0.481 e. The molecule has 0 aliphatic rings. The number of aromatic nitrogens is 1. The first-order valence-electron chi connectivity index (χ1n) is 7.26. The van der Waals surface area contributed by atoms with Crippen LogP contribution >= 0.6 is 34.8 Å². The largest absolute Gasteiger partial charge is 0.481 e. The highest BCUT2D eigenvalue weighted by molar-refractivity contribution is 6.38. The van der Waals surface area contributed by atoms with E-state index in [-0.39, 0.29) is 12.0 Å². The molecule has 0 saturated carbocycles. The minimum absolute atomic E-state index is 0.140. The summed E-state index contributed by atoms with van der Waals surface area (Å²) >= 11 is 17.5. The number of aromatic amines is 1. The molecule has 26 heavy (non-hydrogen) atoms. The molecule has 1 aromatic heterocycles. The number of aliphatic carboxylic acids is 1. The van der Waals surface area contributed by atoms with Crippen LogP contribution in [0.3, 0.4) is 0 Å². The van der Waals surface area contributed by atoms with E-state index in [2.05, 4.69) is 10.9 Å². The number of rotatable bonds is 2. The van der Waals surface area contributed by atoms with Crippen LogP contribution < -0.4 is 5.56 Å². The Hall–Kier alpha value is -2.45. The van der Waals surface area contributed by atoms with E-state index < -0.39 is 5.97 Å². The van der Waals surface area contributed by atoms with Gasteiger partial charge in [-0.15, -0.1) is 6.42 Å². The molecule has 2 N–H and O–H groups in total. The lowest BCUT2D eigenvalue weighted by molar-refractivity contribution is -0.136. The minimum atomic E-state index is -0.940. The zero-order valence-electron chi connectivity index (χ0n) is 13.2. The molecule has 4 nitrogen and oxygen atoms in total. The maximum absolute atomic E-state index is 11.1. The number of carboxylic acids is 1. The van der Waals surface area contributed by atoms with E-state index in [0.29, 0.717) is 31.7 Å². The quantitative estimate of drug-likeness (QED) is 0.473. The fourth-order valence-electron chi connectivity index (χ4n) is 2.24. The van der Waals surface area contributed by atoms with E-state index in [9.17, 15) is 9.59 Å². The Kier molecular flexibility index (Phi) is 6.70. The van der Waals surface area contributed by atoms with Crippen molar-refractivity contribution >= 4 is 51.5 Å². The maximum atomic E-state index is 11.1. The third-order valence-electron chi connectivity index (χ3n) is 3.40. The predicted octanol–water partition coefficient (Wildman–Crippen LogP) is 4.78. The molecule has 3 aromatic rings. The highest BCUT2D eigenvalue weighted by atomic mass is 35.5. The summed E-state index contributed by atoms with van der Waals surface area (Å²) in [5, 5.41) is 11.3. The van der Waals surface area contributed by atoms with Crippen molar-refractivity contribution in [2.45, 2.75) is 6.42 Å². The number of benzene rings is 2. The monoisotopic (exact) mass is 407 g/mol. The summed E-state index contributed by atoms with van der Waals surface area (Å²) in [5.41, 5.74) is 0.791. The summed E-state index contributed by atoms with van der Waals surface area (Å²) in [7, 11) is 0. The molecular formula is C19H12Cl3NO3. The Morgan fingerprint density at radius 3 is 2.38 bits per heavy atom. The van der Waals surface area contributed by atoms with E-state index >= 15 is 0 Å². The highest BCUT2D eigenvalue weighted by Crippen LogP contribution is 2.25. The second-order valence-electron chi connectivity index (χ2n) is 5.13. The highest BCUT2D eigenvalue weighted by Gasteiger charge is 2.08. The zero-order chi connectivity index (χ0) is 19.3. The van der Waals surface area contributed by atoms with Crippen LogP contribution in [0, 0.1) is 12.3 Å². The van der Waals surface area contributed by atoms with E-state index in [4.69, 9.17) is 46.3 Å². The van der Waals surface area contributed by atoms with Crippen molar-refractivity contribution in [1.29, 1.82) is 0 Å². The number of hydrogen-bond acceptors (Lipinski definition) is 2. The van der Waals surface area contributed by atoms with Crippen LogP contribution in [-0.2, 0) is 11.2 Å². The molecule has 3 rings (SSSR count). The molecule has 0 aliphatic heterocycles. The average molecular weight is 409 g/mol. The molecule has 0 spiro atoms. The van der Waals surface area contributed by atoms with Crippen molar-refractivity contribution < 1.29 is 9.90 Å². The van der Waals surface area contributed by atoms with Gasteiger partial charge in [-0.05, 0) is 23.8 Å². The number of fused-ring (bicyclic) bond motifs is 1. The number of carboxylic acid groups (broad SMARTS) is 1. The Morgan fingerprint density at radius 1 is 1.08 bits per heavy atom. The molecule has 0 unspecified atom stereocenters. The molecule has 132 valence electrons. The van der Waals surface area contributed by atoms with Gasteiger partial charge < -0.3 is 10.1 Å². The van der Waals surface area contributed by atoms with Gasteiger partial charge in [-0.25, -0.2) is 0 Å². The van der Waals surface area contributed by atoms with Crippen molar-refractivity contribution in [3.63, 3.8) is 0 Å². The standard InChI is InChI=1S/C10H7ClO2.C9H5Cl2NO/c1-2-7-4-3-5-9(11)8(7)6-10(12)13;10-7-3-1-2-5-6(7)4-8(13)12-9(5)11/h1,3-5H,6H2,(H,12,13);1-4H,(H,12,13). The summed E-state index contributed by atoms with van der Waals surface area (Å²) in [6, 6.07) is 11.7. The molecule has 7 heteroatoms. The number of H-pyrrole nitrogens is 1. The van der Waals surface area contributed by atoms with Gasteiger partial charge in [0, 0.05) is 32.4 Å². The molecule has 0 amide bonds. The number of halogens is 3. The third-order valence-corrected chi connectivity index (χ3v) is 4.38. The third kappa shape index (κ3) is 4.80.